The first-order valence-electron chi connectivity index (χ1n) is 7.51. The van der Waals surface area contributed by atoms with Crippen molar-refractivity contribution in [3.05, 3.63) is 35.3 Å². The first-order valence-corrected chi connectivity index (χ1v) is 8.39. The van der Waals surface area contributed by atoms with E-state index in [-0.39, 0.29) is 11.6 Å². The number of nitrogens with one attached hydrogen (secondary N) is 1. The summed E-state index contributed by atoms with van der Waals surface area (Å²) >= 11 is 1.28. The number of hydrogen-bond acceptors (Lipinski definition) is 6. The Kier molecular flexibility index (Phi) is 5.19. The van der Waals surface area contributed by atoms with Crippen molar-refractivity contribution in [1.82, 2.24) is 9.88 Å². The normalized spacial score (nSPS) is 15.2. The Morgan fingerprint density at radius 3 is 2.58 bits per heavy atom. The van der Waals surface area contributed by atoms with Crippen molar-refractivity contribution < 1.29 is 19.4 Å². The quantitative estimate of drug-likeness (QED) is 0.857. The van der Waals surface area contributed by atoms with Crippen LogP contribution in [0.4, 0.5) is 5.69 Å². The van der Waals surface area contributed by atoms with Gasteiger partial charge >= 0.3 is 5.97 Å². The van der Waals surface area contributed by atoms with E-state index in [1.54, 1.807) is 12.1 Å². The Morgan fingerprint density at radius 2 is 1.96 bits per heavy atom. The van der Waals surface area contributed by atoms with Crippen LogP contribution < -0.4 is 5.32 Å². The number of rotatable bonds is 5. The number of aromatic carboxylic acids is 1. The first-order chi connectivity index (χ1) is 11.6. The number of carboxylic acid groups (broad SMARTS) is 1. The van der Waals surface area contributed by atoms with E-state index in [1.165, 1.54) is 16.7 Å². The molecule has 24 heavy (non-hydrogen) atoms. The minimum absolute atomic E-state index is 0.0397. The van der Waals surface area contributed by atoms with Crippen LogP contribution in [0.2, 0.25) is 0 Å². The highest BCUT2D eigenvalue weighted by atomic mass is 32.1. The molecule has 0 saturated carbocycles. The van der Waals surface area contributed by atoms with Crippen LogP contribution in [0, 0.1) is 0 Å². The summed E-state index contributed by atoms with van der Waals surface area (Å²) in [4.78, 5) is 29.0. The third kappa shape index (κ3) is 4.16. The molecule has 0 atom stereocenters. The van der Waals surface area contributed by atoms with Gasteiger partial charge in [-0.1, -0.05) is 0 Å². The number of thiazole rings is 1. The SMILES string of the molecule is O=C(CN1CCOCC1)Nc1ccc(-c2nc(C(=O)O)cs2)cc1. The number of carbonyl (C=O) groups excluding carboxylic acids is 1. The van der Waals surface area contributed by atoms with E-state index in [1.807, 2.05) is 12.1 Å². The summed E-state index contributed by atoms with van der Waals surface area (Å²) in [5.41, 5.74) is 1.56. The molecule has 3 rings (SSSR count). The molecular formula is C16H17N3O4S. The number of ether oxygens (including phenoxy) is 1. The molecule has 2 aromatic rings. The van der Waals surface area contributed by atoms with E-state index < -0.39 is 5.97 Å². The number of carbonyl (C=O) groups is 2. The van der Waals surface area contributed by atoms with Crippen molar-refractivity contribution in [3.63, 3.8) is 0 Å². The number of hydrogen-bond donors (Lipinski definition) is 2. The van der Waals surface area contributed by atoms with Gasteiger partial charge in [-0.3, -0.25) is 9.69 Å². The topological polar surface area (TPSA) is 91.8 Å². The molecule has 0 unspecified atom stereocenters. The third-order valence-electron chi connectivity index (χ3n) is 3.61. The molecule has 1 amide bonds. The van der Waals surface area contributed by atoms with Crippen LogP contribution in [-0.4, -0.2) is 59.7 Å². The number of morpholine rings is 1. The second-order valence-electron chi connectivity index (χ2n) is 5.36. The van der Waals surface area contributed by atoms with Crippen LogP contribution in [0.25, 0.3) is 10.6 Å². The Balaban J connectivity index is 1.59. The van der Waals surface area contributed by atoms with E-state index in [2.05, 4.69) is 15.2 Å². The second-order valence-corrected chi connectivity index (χ2v) is 6.22. The lowest BCUT2D eigenvalue weighted by Crippen LogP contribution is -2.41. The summed E-state index contributed by atoms with van der Waals surface area (Å²) < 4.78 is 5.26. The van der Waals surface area contributed by atoms with Crippen LogP contribution in [0.15, 0.2) is 29.6 Å². The van der Waals surface area contributed by atoms with Gasteiger partial charge < -0.3 is 15.2 Å². The Hall–Kier alpha value is -2.29. The number of amides is 1. The zero-order valence-corrected chi connectivity index (χ0v) is 13.7. The van der Waals surface area contributed by atoms with E-state index in [9.17, 15) is 9.59 Å². The molecule has 1 aliphatic heterocycles. The fraction of sp³-hybridized carbons (Fsp3) is 0.312. The number of benzene rings is 1. The molecule has 0 radical (unpaired) electrons. The van der Waals surface area contributed by atoms with Gasteiger partial charge in [-0.2, -0.15) is 0 Å². The molecule has 7 nitrogen and oxygen atoms in total. The summed E-state index contributed by atoms with van der Waals surface area (Å²) in [5.74, 6) is -1.10. The van der Waals surface area contributed by atoms with E-state index in [0.29, 0.717) is 30.5 Å². The highest BCUT2D eigenvalue weighted by molar-refractivity contribution is 7.13. The summed E-state index contributed by atoms with van der Waals surface area (Å²) in [7, 11) is 0. The van der Waals surface area contributed by atoms with Gasteiger partial charge in [0.25, 0.3) is 0 Å². The maximum atomic E-state index is 12.0. The largest absolute Gasteiger partial charge is 0.476 e. The van der Waals surface area contributed by atoms with E-state index >= 15 is 0 Å². The summed E-state index contributed by atoms with van der Waals surface area (Å²) in [6, 6.07) is 7.20. The van der Waals surface area contributed by atoms with Crippen LogP contribution in [-0.2, 0) is 9.53 Å². The zero-order chi connectivity index (χ0) is 16.9. The first kappa shape index (κ1) is 16.6. The van der Waals surface area contributed by atoms with Crippen molar-refractivity contribution in [1.29, 1.82) is 0 Å². The molecule has 0 bridgehead atoms. The monoisotopic (exact) mass is 347 g/mol. The molecule has 1 fully saturated rings. The number of nitrogens with zero attached hydrogens (tertiary/aromatic N) is 2. The smallest absolute Gasteiger partial charge is 0.355 e. The average Bonchev–Trinajstić information content (AvgIpc) is 3.07. The van der Waals surface area contributed by atoms with Crippen molar-refractivity contribution in [3.8, 4) is 10.6 Å². The van der Waals surface area contributed by atoms with Gasteiger partial charge in [-0.05, 0) is 24.3 Å². The summed E-state index contributed by atoms with van der Waals surface area (Å²) in [6.45, 7) is 3.20. The average molecular weight is 347 g/mol. The van der Waals surface area contributed by atoms with Crippen molar-refractivity contribution in [2.24, 2.45) is 0 Å². The fourth-order valence-corrected chi connectivity index (χ4v) is 3.16. The van der Waals surface area contributed by atoms with Gasteiger partial charge in [-0.15, -0.1) is 11.3 Å². The lowest BCUT2D eigenvalue weighted by molar-refractivity contribution is -0.118. The molecule has 2 N–H and O–H groups in total. The predicted molar refractivity (Wildman–Crippen MR) is 90.4 cm³/mol. The molecule has 0 aliphatic carbocycles. The van der Waals surface area contributed by atoms with Crippen LogP contribution >= 0.6 is 11.3 Å². The van der Waals surface area contributed by atoms with Crippen molar-refractivity contribution in [2.45, 2.75) is 0 Å². The van der Waals surface area contributed by atoms with Gasteiger partial charge in [0, 0.05) is 29.7 Å². The standard InChI is InChI=1S/C16H17N3O4S/c20-14(9-19-5-7-23-8-6-19)17-12-3-1-11(2-4-12)15-18-13(10-24-15)16(21)22/h1-4,10H,5-9H2,(H,17,20)(H,21,22). The lowest BCUT2D eigenvalue weighted by atomic mass is 10.2. The second kappa shape index (κ2) is 7.52. The fourth-order valence-electron chi connectivity index (χ4n) is 2.36. The minimum Gasteiger partial charge on any atom is -0.476 e. The molecule has 2 heterocycles. The van der Waals surface area contributed by atoms with E-state index in [4.69, 9.17) is 9.84 Å². The van der Waals surface area contributed by atoms with Gasteiger partial charge in [0.2, 0.25) is 5.91 Å². The number of anilines is 1. The molecule has 0 spiro atoms. The molecule has 126 valence electrons. The van der Waals surface area contributed by atoms with Gasteiger partial charge in [0.1, 0.15) is 5.01 Å². The molecule has 1 aromatic carbocycles. The third-order valence-corrected chi connectivity index (χ3v) is 4.50. The molecule has 1 saturated heterocycles. The Labute approximate surface area is 142 Å². The number of carboxylic acids is 1. The maximum Gasteiger partial charge on any atom is 0.355 e. The Morgan fingerprint density at radius 1 is 1.25 bits per heavy atom. The molecule has 8 heteroatoms. The van der Waals surface area contributed by atoms with Gasteiger partial charge in [-0.25, -0.2) is 9.78 Å². The van der Waals surface area contributed by atoms with Crippen LogP contribution in [0.5, 0.6) is 0 Å². The van der Waals surface area contributed by atoms with Crippen molar-refractivity contribution in [2.75, 3.05) is 38.2 Å². The summed E-state index contributed by atoms with van der Waals surface area (Å²) in [6.07, 6.45) is 0. The van der Waals surface area contributed by atoms with Crippen LogP contribution in [0.3, 0.4) is 0 Å². The Bertz CT molecular complexity index is 723. The van der Waals surface area contributed by atoms with Gasteiger partial charge in [0.15, 0.2) is 5.69 Å². The minimum atomic E-state index is -1.04. The highest BCUT2D eigenvalue weighted by Crippen LogP contribution is 2.25. The summed E-state index contributed by atoms with van der Waals surface area (Å²) in [5, 5.41) is 13.9. The van der Waals surface area contributed by atoms with Crippen LogP contribution in [0.1, 0.15) is 10.5 Å². The predicted octanol–water partition coefficient (Wildman–Crippen LogP) is 1.78. The molecular weight excluding hydrogens is 330 g/mol. The van der Waals surface area contributed by atoms with E-state index in [0.717, 1.165) is 18.7 Å². The highest BCUT2D eigenvalue weighted by Gasteiger charge is 2.14. The van der Waals surface area contributed by atoms with Crippen molar-refractivity contribution >= 4 is 28.9 Å². The van der Waals surface area contributed by atoms with Gasteiger partial charge in [0.05, 0.1) is 19.8 Å². The lowest BCUT2D eigenvalue weighted by Gasteiger charge is -2.25. The molecule has 1 aromatic heterocycles. The number of aromatic nitrogens is 1. The maximum absolute atomic E-state index is 12.0. The molecule has 1 aliphatic rings. The zero-order valence-electron chi connectivity index (χ0n) is 12.9.